The maximum Gasteiger partial charge on any atom is 0.0998 e. The first kappa shape index (κ1) is 30.7. The van der Waals surface area contributed by atoms with Gasteiger partial charge in [-0.05, 0) is 78.9 Å². The number of rotatable bonds is 4. The lowest BCUT2D eigenvalue weighted by Gasteiger charge is -2.17. The summed E-state index contributed by atoms with van der Waals surface area (Å²) in [6.07, 6.45) is 0. The quantitative estimate of drug-likeness (QED) is 0.184. The van der Waals surface area contributed by atoms with Gasteiger partial charge in [-0.25, -0.2) is 0 Å². The largest absolute Gasteiger partial charge is 0.309 e. The molecule has 0 saturated carbocycles. The SMILES string of the molecule is N#Cc1ccc2c3ccccc3n(-c3ccc(C#N)c(-c4ccccc4-n4c5ccccc5c5cc(-n6c7ccccc7c7ccccc76)ccc54)c3)c2c1. The predicted molar refractivity (Wildman–Crippen MR) is 224 cm³/mol. The molecule has 0 N–H and O–H groups in total. The first-order chi connectivity index (χ1) is 27.2. The molecule has 0 aliphatic rings. The van der Waals surface area contributed by atoms with Crippen LogP contribution in [0.5, 0.6) is 0 Å². The van der Waals surface area contributed by atoms with Gasteiger partial charge in [-0.2, -0.15) is 10.5 Å². The van der Waals surface area contributed by atoms with Crippen molar-refractivity contribution in [2.75, 3.05) is 0 Å². The molecule has 11 rings (SSSR count). The Kier molecular flexibility index (Phi) is 6.61. The molecule has 0 saturated heterocycles. The van der Waals surface area contributed by atoms with Crippen molar-refractivity contribution < 1.29 is 0 Å². The first-order valence-electron chi connectivity index (χ1n) is 18.3. The van der Waals surface area contributed by atoms with Crippen LogP contribution in [-0.2, 0) is 0 Å². The second kappa shape index (κ2) is 11.8. The highest BCUT2D eigenvalue weighted by atomic mass is 15.0. The second-order valence-corrected chi connectivity index (χ2v) is 14.0. The number of fused-ring (bicyclic) bond motifs is 9. The highest BCUT2D eigenvalue weighted by Crippen LogP contribution is 2.41. The molecule has 0 fully saturated rings. The van der Waals surface area contributed by atoms with Crippen LogP contribution in [-0.4, -0.2) is 13.7 Å². The highest BCUT2D eigenvalue weighted by Gasteiger charge is 2.20. The molecule has 0 aliphatic heterocycles. The summed E-state index contributed by atoms with van der Waals surface area (Å²) in [4.78, 5) is 0. The van der Waals surface area contributed by atoms with Crippen molar-refractivity contribution in [1.82, 2.24) is 13.7 Å². The Morgan fingerprint density at radius 1 is 0.327 bits per heavy atom. The van der Waals surface area contributed by atoms with Crippen LogP contribution in [0.4, 0.5) is 0 Å². The molecule has 8 aromatic carbocycles. The molecular formula is C50H29N5. The van der Waals surface area contributed by atoms with Gasteiger partial charge in [0.15, 0.2) is 0 Å². The normalized spacial score (nSPS) is 11.6. The topological polar surface area (TPSA) is 62.4 Å². The maximum atomic E-state index is 10.5. The first-order valence-corrected chi connectivity index (χ1v) is 18.3. The molecule has 0 radical (unpaired) electrons. The van der Waals surface area contributed by atoms with E-state index >= 15 is 0 Å². The summed E-state index contributed by atoms with van der Waals surface area (Å²) in [6, 6.07) is 65.9. The predicted octanol–water partition coefficient (Wildman–Crippen LogP) is 12.4. The van der Waals surface area contributed by atoms with Crippen LogP contribution in [0, 0.1) is 22.7 Å². The van der Waals surface area contributed by atoms with E-state index in [0.29, 0.717) is 11.1 Å². The zero-order valence-corrected chi connectivity index (χ0v) is 29.5. The molecule has 0 unspecified atom stereocenters. The number of nitrogens with zero attached hydrogens (tertiary/aromatic N) is 5. The Balaban J connectivity index is 1.15. The Morgan fingerprint density at radius 3 is 1.45 bits per heavy atom. The van der Waals surface area contributed by atoms with E-state index in [1.807, 2.05) is 48.5 Å². The van der Waals surface area contributed by atoms with Gasteiger partial charge >= 0.3 is 0 Å². The minimum absolute atomic E-state index is 0.587. The van der Waals surface area contributed by atoms with Gasteiger partial charge in [0.2, 0.25) is 0 Å². The summed E-state index contributed by atoms with van der Waals surface area (Å²) in [7, 11) is 0. The van der Waals surface area contributed by atoms with Crippen molar-refractivity contribution in [1.29, 1.82) is 10.5 Å². The summed E-state index contributed by atoms with van der Waals surface area (Å²) >= 11 is 0. The number of para-hydroxylation sites is 5. The molecule has 55 heavy (non-hydrogen) atoms. The molecule has 5 heteroatoms. The molecule has 0 aliphatic carbocycles. The summed E-state index contributed by atoms with van der Waals surface area (Å²) < 4.78 is 6.90. The van der Waals surface area contributed by atoms with E-state index in [9.17, 15) is 10.5 Å². The lowest BCUT2D eigenvalue weighted by Crippen LogP contribution is -2.00. The lowest BCUT2D eigenvalue weighted by atomic mass is 9.97. The fourth-order valence-corrected chi connectivity index (χ4v) is 8.77. The standard InChI is InChI=1S/C50H29N5/c51-30-32-21-25-41-38-13-3-8-18-46(38)54(50(41)27-32)34-23-22-33(31-52)42(28-34)39-14-4-9-19-47(39)55-48-20-10-5-15-40(48)43-29-35(24-26-49(43)55)53-44-16-6-1-11-36(44)37-12-2-7-17-45(37)53/h1-29H. The average molecular weight is 700 g/mol. The molecule has 3 heterocycles. The summed E-state index contributed by atoms with van der Waals surface area (Å²) in [5.41, 5.74) is 12.5. The minimum atomic E-state index is 0.587. The van der Waals surface area contributed by atoms with Crippen molar-refractivity contribution in [3.05, 3.63) is 187 Å². The van der Waals surface area contributed by atoms with E-state index in [1.165, 1.54) is 21.8 Å². The third-order valence-electron chi connectivity index (χ3n) is 11.1. The van der Waals surface area contributed by atoms with E-state index < -0.39 is 0 Å². The lowest BCUT2D eigenvalue weighted by molar-refractivity contribution is 1.16. The molecule has 0 bridgehead atoms. The van der Waals surface area contributed by atoms with Crippen LogP contribution in [0.1, 0.15) is 11.1 Å². The monoisotopic (exact) mass is 699 g/mol. The molecule has 254 valence electrons. The second-order valence-electron chi connectivity index (χ2n) is 14.0. The highest BCUT2D eigenvalue weighted by molar-refractivity contribution is 6.13. The summed E-state index contributed by atoms with van der Waals surface area (Å²) in [6.45, 7) is 0. The van der Waals surface area contributed by atoms with Crippen LogP contribution in [0.3, 0.4) is 0 Å². The molecule has 11 aromatic rings. The van der Waals surface area contributed by atoms with E-state index in [0.717, 1.165) is 71.8 Å². The van der Waals surface area contributed by atoms with Crippen molar-refractivity contribution in [2.24, 2.45) is 0 Å². The zero-order valence-electron chi connectivity index (χ0n) is 29.5. The fraction of sp³-hybridized carbons (Fsp3) is 0. The average Bonchev–Trinajstić information content (AvgIpc) is 3.88. The smallest absolute Gasteiger partial charge is 0.0998 e. The number of benzene rings is 8. The van der Waals surface area contributed by atoms with Crippen LogP contribution < -0.4 is 0 Å². The van der Waals surface area contributed by atoms with Gasteiger partial charge in [0.05, 0.1) is 62.1 Å². The summed E-state index contributed by atoms with van der Waals surface area (Å²) in [5.74, 6) is 0. The van der Waals surface area contributed by atoms with Crippen molar-refractivity contribution >= 4 is 65.4 Å². The Morgan fingerprint density at radius 2 is 0.818 bits per heavy atom. The van der Waals surface area contributed by atoms with Gasteiger partial charge in [0.1, 0.15) is 0 Å². The Bertz CT molecular complexity index is 3420. The number of nitriles is 2. The molecule has 5 nitrogen and oxygen atoms in total. The number of aromatic nitrogens is 3. The van der Waals surface area contributed by atoms with Crippen molar-refractivity contribution in [3.63, 3.8) is 0 Å². The third-order valence-corrected chi connectivity index (χ3v) is 11.1. The van der Waals surface area contributed by atoms with Gasteiger partial charge in [-0.15, -0.1) is 0 Å². The van der Waals surface area contributed by atoms with Crippen LogP contribution in [0.25, 0.3) is 93.6 Å². The van der Waals surface area contributed by atoms with Gasteiger partial charge < -0.3 is 13.7 Å². The molecule has 0 spiro atoms. The minimum Gasteiger partial charge on any atom is -0.309 e. The molecular weight excluding hydrogens is 671 g/mol. The van der Waals surface area contributed by atoms with E-state index in [4.69, 9.17) is 0 Å². The molecule has 0 amide bonds. The van der Waals surface area contributed by atoms with Crippen LogP contribution in [0.2, 0.25) is 0 Å². The third kappa shape index (κ3) is 4.45. The van der Waals surface area contributed by atoms with Gasteiger partial charge in [-0.1, -0.05) is 97.1 Å². The Hall–Kier alpha value is -7.86. The van der Waals surface area contributed by atoms with Crippen molar-refractivity contribution in [3.8, 4) is 40.3 Å². The maximum absolute atomic E-state index is 10.5. The van der Waals surface area contributed by atoms with E-state index in [1.54, 1.807) is 0 Å². The van der Waals surface area contributed by atoms with Gasteiger partial charge in [-0.3, -0.25) is 0 Å². The zero-order chi connectivity index (χ0) is 36.6. The number of hydrogen-bond donors (Lipinski definition) is 0. The van der Waals surface area contributed by atoms with E-state index in [-0.39, 0.29) is 0 Å². The molecule has 0 atom stereocenters. The van der Waals surface area contributed by atoms with Crippen molar-refractivity contribution in [2.45, 2.75) is 0 Å². The fourth-order valence-electron chi connectivity index (χ4n) is 8.77. The Labute approximate surface area is 316 Å². The van der Waals surface area contributed by atoms with Gasteiger partial charge in [0.25, 0.3) is 0 Å². The van der Waals surface area contributed by atoms with E-state index in [2.05, 4.69) is 153 Å². The number of hydrogen-bond acceptors (Lipinski definition) is 2. The molecule has 3 aromatic heterocycles. The summed E-state index contributed by atoms with van der Waals surface area (Å²) in [5, 5.41) is 27.3. The van der Waals surface area contributed by atoms with Crippen LogP contribution in [0.15, 0.2) is 176 Å². The van der Waals surface area contributed by atoms with Gasteiger partial charge in [0, 0.05) is 54.8 Å². The van der Waals surface area contributed by atoms with Crippen LogP contribution >= 0.6 is 0 Å².